The van der Waals surface area contributed by atoms with Gasteiger partial charge in [-0.05, 0) is 52.5 Å². The number of amides is 1. The molecular formula is C22H43N3O5. The molecule has 0 radical (unpaired) electrons. The van der Waals surface area contributed by atoms with Gasteiger partial charge < -0.3 is 20.3 Å². The number of carbonyl (C=O) groups is 1. The monoisotopic (exact) mass is 429 g/mol. The van der Waals surface area contributed by atoms with Crippen LogP contribution >= 0.6 is 0 Å². The topological polar surface area (TPSA) is 111 Å². The number of rotatable bonds is 14. The van der Waals surface area contributed by atoms with Crippen LogP contribution in [0.5, 0.6) is 0 Å². The fourth-order valence-electron chi connectivity index (χ4n) is 4.49. The maximum atomic E-state index is 12.9. The molecule has 0 spiro atoms. The number of ether oxygens (including phenoxy) is 1. The highest BCUT2D eigenvalue weighted by atomic mass is 16.5. The fourth-order valence-corrected chi connectivity index (χ4v) is 4.49. The molecular weight excluding hydrogens is 386 g/mol. The molecule has 1 aliphatic heterocycles. The minimum atomic E-state index is -1.20. The van der Waals surface area contributed by atoms with Gasteiger partial charge in [-0.3, -0.25) is 9.69 Å². The molecule has 1 fully saturated rings. The van der Waals surface area contributed by atoms with Gasteiger partial charge in [0.05, 0.1) is 30.4 Å². The van der Waals surface area contributed by atoms with E-state index in [4.69, 9.17) is 4.74 Å². The van der Waals surface area contributed by atoms with E-state index >= 15 is 0 Å². The smallest absolute Gasteiger partial charge is 0.237 e. The molecule has 8 heteroatoms. The Labute approximate surface area is 181 Å². The molecule has 0 saturated carbocycles. The highest BCUT2D eigenvalue weighted by Crippen LogP contribution is 2.26. The fraction of sp³-hybridized carbons (Fsp3) is 0.955. The van der Waals surface area contributed by atoms with E-state index in [0.717, 1.165) is 32.2 Å². The van der Waals surface area contributed by atoms with E-state index in [1.54, 1.807) is 0 Å². The van der Waals surface area contributed by atoms with Crippen LogP contribution in [0.2, 0.25) is 0 Å². The molecule has 0 aromatic heterocycles. The van der Waals surface area contributed by atoms with Crippen LogP contribution < -0.4 is 5.32 Å². The second-order valence-corrected chi connectivity index (χ2v) is 8.86. The number of nitrogens with one attached hydrogen (secondary N) is 1. The molecule has 1 rings (SSSR count). The van der Waals surface area contributed by atoms with E-state index in [0.29, 0.717) is 18.8 Å². The van der Waals surface area contributed by atoms with E-state index in [2.05, 4.69) is 22.3 Å². The van der Waals surface area contributed by atoms with Crippen molar-refractivity contribution < 1.29 is 19.7 Å². The van der Waals surface area contributed by atoms with Crippen LogP contribution in [0.25, 0.3) is 0 Å². The van der Waals surface area contributed by atoms with Crippen LogP contribution in [0.4, 0.5) is 0 Å². The minimum Gasteiger partial charge on any atom is -0.391 e. The zero-order valence-corrected chi connectivity index (χ0v) is 19.6. The van der Waals surface area contributed by atoms with Crippen molar-refractivity contribution in [3.8, 4) is 0 Å². The molecule has 8 nitrogen and oxygen atoms in total. The average molecular weight is 430 g/mol. The highest BCUT2D eigenvalue weighted by molar-refractivity contribution is 5.82. The van der Waals surface area contributed by atoms with Crippen molar-refractivity contribution in [2.75, 3.05) is 13.6 Å². The van der Waals surface area contributed by atoms with E-state index < -0.39 is 24.4 Å². The lowest BCUT2D eigenvalue weighted by atomic mass is 9.98. The van der Waals surface area contributed by atoms with Gasteiger partial charge in [0.25, 0.3) is 0 Å². The van der Waals surface area contributed by atoms with Gasteiger partial charge in [-0.1, -0.05) is 38.8 Å². The lowest BCUT2D eigenvalue weighted by Crippen LogP contribution is -2.52. The van der Waals surface area contributed by atoms with E-state index in [9.17, 15) is 19.9 Å². The van der Waals surface area contributed by atoms with Gasteiger partial charge in [0.1, 0.15) is 12.1 Å². The summed E-state index contributed by atoms with van der Waals surface area (Å²) in [7, 11) is 2.00. The predicted molar refractivity (Wildman–Crippen MR) is 118 cm³/mol. The summed E-state index contributed by atoms with van der Waals surface area (Å²) in [6.07, 6.45) is 1.83. The molecule has 0 unspecified atom stereocenters. The summed E-state index contributed by atoms with van der Waals surface area (Å²) in [4.78, 5) is 26.1. The van der Waals surface area contributed by atoms with Crippen molar-refractivity contribution in [2.24, 2.45) is 11.1 Å². The Morgan fingerprint density at radius 3 is 2.40 bits per heavy atom. The van der Waals surface area contributed by atoms with Crippen molar-refractivity contribution in [3.05, 3.63) is 4.91 Å². The maximum Gasteiger partial charge on any atom is 0.237 e. The SMILES string of the molecule is CCC[C@H]1C[C@@H](C(=O)N[C@H](CC)[C@H](C)O[C@H](CCC)[C@H](O)[C@@H](N=O)[C@H](C)O)N(C)C1. The van der Waals surface area contributed by atoms with Crippen LogP contribution in [0.3, 0.4) is 0 Å². The third-order valence-electron chi connectivity index (χ3n) is 6.28. The minimum absolute atomic E-state index is 0.0161. The quantitative estimate of drug-likeness (QED) is 0.366. The number of likely N-dealkylation sites (N-methyl/N-ethyl adjacent to an activating group) is 1. The van der Waals surface area contributed by atoms with Crippen LogP contribution in [-0.4, -0.2) is 77.2 Å². The van der Waals surface area contributed by atoms with Gasteiger partial charge in [-0.15, -0.1) is 0 Å². The summed E-state index contributed by atoms with van der Waals surface area (Å²) >= 11 is 0. The normalized spacial score (nSPS) is 25.9. The maximum absolute atomic E-state index is 12.9. The Hall–Kier alpha value is -1.09. The van der Waals surface area contributed by atoms with E-state index in [1.165, 1.54) is 6.92 Å². The zero-order chi connectivity index (χ0) is 22.8. The summed E-state index contributed by atoms with van der Waals surface area (Å²) in [5.41, 5.74) is 0. The van der Waals surface area contributed by atoms with E-state index in [-0.39, 0.29) is 24.1 Å². The first-order valence-corrected chi connectivity index (χ1v) is 11.5. The highest BCUT2D eigenvalue weighted by Gasteiger charge is 2.37. The standard InChI is InChI=1S/C22H43N3O5/c1-7-10-16-12-18(25(6)13-16)22(28)23-17(9-3)15(5)30-19(11-8-2)21(27)20(24-29)14(4)26/h14-21,26-27H,7-13H2,1-6H3,(H,23,28)/t14-,15-,16-,17+,18-,19+,20-,21-/m0/s1. The summed E-state index contributed by atoms with van der Waals surface area (Å²) < 4.78 is 6.10. The van der Waals surface area contributed by atoms with E-state index in [1.807, 2.05) is 27.8 Å². The number of nitroso groups, excluding NO2 is 1. The van der Waals surface area contributed by atoms with Crippen molar-refractivity contribution in [1.29, 1.82) is 0 Å². The number of carbonyl (C=O) groups excluding carboxylic acids is 1. The first-order chi connectivity index (χ1) is 14.2. The molecule has 0 aromatic carbocycles. The zero-order valence-electron chi connectivity index (χ0n) is 19.6. The molecule has 3 N–H and O–H groups in total. The largest absolute Gasteiger partial charge is 0.391 e. The van der Waals surface area contributed by atoms with Gasteiger partial charge >= 0.3 is 0 Å². The van der Waals surface area contributed by atoms with Crippen LogP contribution in [-0.2, 0) is 9.53 Å². The Kier molecular flexibility index (Phi) is 12.0. The van der Waals surface area contributed by atoms with Crippen LogP contribution in [0.15, 0.2) is 5.18 Å². The van der Waals surface area contributed by atoms with Gasteiger partial charge in [0.15, 0.2) is 0 Å². The molecule has 1 heterocycles. The Morgan fingerprint density at radius 1 is 1.23 bits per heavy atom. The molecule has 176 valence electrons. The number of hydrogen-bond acceptors (Lipinski definition) is 7. The summed E-state index contributed by atoms with van der Waals surface area (Å²) in [6.45, 7) is 10.4. The van der Waals surface area contributed by atoms with Gasteiger partial charge in [-0.2, -0.15) is 4.91 Å². The van der Waals surface area contributed by atoms with Gasteiger partial charge in [-0.25, -0.2) is 0 Å². The van der Waals surface area contributed by atoms with Crippen LogP contribution in [0.1, 0.15) is 73.1 Å². The molecule has 30 heavy (non-hydrogen) atoms. The Balaban J connectivity index is 2.76. The third-order valence-corrected chi connectivity index (χ3v) is 6.28. The first-order valence-electron chi connectivity index (χ1n) is 11.5. The summed E-state index contributed by atoms with van der Waals surface area (Å²) in [5.74, 6) is 0.573. The Bertz CT molecular complexity index is 519. The molecule has 1 amide bonds. The summed E-state index contributed by atoms with van der Waals surface area (Å²) in [6, 6.07) is -1.48. The average Bonchev–Trinajstić information content (AvgIpc) is 3.06. The van der Waals surface area contributed by atoms with Crippen molar-refractivity contribution in [1.82, 2.24) is 10.2 Å². The van der Waals surface area contributed by atoms with Crippen molar-refractivity contribution in [2.45, 2.75) is 116 Å². The lowest BCUT2D eigenvalue weighted by Gasteiger charge is -2.33. The molecule has 0 aliphatic carbocycles. The third kappa shape index (κ3) is 7.55. The lowest BCUT2D eigenvalue weighted by molar-refractivity contribution is -0.130. The molecule has 0 aromatic rings. The van der Waals surface area contributed by atoms with Crippen LogP contribution in [0, 0.1) is 10.8 Å². The van der Waals surface area contributed by atoms with Crippen molar-refractivity contribution in [3.63, 3.8) is 0 Å². The van der Waals surface area contributed by atoms with Crippen molar-refractivity contribution >= 4 is 5.91 Å². The first kappa shape index (κ1) is 26.9. The Morgan fingerprint density at radius 2 is 1.90 bits per heavy atom. The second kappa shape index (κ2) is 13.3. The number of nitrogens with zero attached hydrogens (tertiary/aromatic N) is 2. The summed E-state index contributed by atoms with van der Waals surface area (Å²) in [5, 5.41) is 26.3. The molecule has 8 atom stereocenters. The second-order valence-electron chi connectivity index (χ2n) is 8.86. The van der Waals surface area contributed by atoms with Gasteiger partial charge in [0.2, 0.25) is 5.91 Å². The molecule has 1 saturated heterocycles. The molecule has 1 aliphatic rings. The number of hydrogen-bond donors (Lipinski definition) is 3. The number of likely N-dealkylation sites (tertiary alicyclic amines) is 1. The number of aliphatic hydroxyl groups excluding tert-OH is 2. The number of aliphatic hydroxyl groups is 2. The molecule has 0 bridgehead atoms. The predicted octanol–water partition coefficient (Wildman–Crippen LogP) is 2.45. The van der Waals surface area contributed by atoms with Gasteiger partial charge in [0, 0.05) is 6.54 Å².